The van der Waals surface area contributed by atoms with Crippen molar-refractivity contribution >= 4 is 34.9 Å². The van der Waals surface area contributed by atoms with Crippen LogP contribution in [-0.2, 0) is 4.79 Å². The maximum Gasteiger partial charge on any atom is 0.319 e. The number of benzene rings is 2. The molecule has 0 unspecified atom stereocenters. The van der Waals surface area contributed by atoms with Crippen LogP contribution in [0.5, 0.6) is 5.75 Å². The van der Waals surface area contributed by atoms with E-state index in [9.17, 15) is 9.59 Å². The molecule has 0 aliphatic heterocycles. The Hall–Kier alpha value is -2.73. The zero-order chi connectivity index (χ0) is 17.4. The molecular formula is C17H18ClN3O3. The molecule has 2 aromatic carbocycles. The van der Waals surface area contributed by atoms with Crippen LogP contribution in [0.25, 0.3) is 0 Å². The van der Waals surface area contributed by atoms with Gasteiger partial charge < -0.3 is 20.7 Å². The summed E-state index contributed by atoms with van der Waals surface area (Å²) in [5.74, 6) is 0.458. The van der Waals surface area contributed by atoms with Gasteiger partial charge in [0.1, 0.15) is 12.4 Å². The van der Waals surface area contributed by atoms with Crippen molar-refractivity contribution in [3.05, 3.63) is 53.6 Å². The number of carbonyl (C=O) groups excluding carboxylic acids is 2. The van der Waals surface area contributed by atoms with E-state index in [0.717, 1.165) is 0 Å². The van der Waals surface area contributed by atoms with E-state index in [4.69, 9.17) is 16.3 Å². The smallest absolute Gasteiger partial charge is 0.319 e. The van der Waals surface area contributed by atoms with E-state index >= 15 is 0 Å². The van der Waals surface area contributed by atoms with Crippen molar-refractivity contribution in [2.24, 2.45) is 0 Å². The van der Waals surface area contributed by atoms with E-state index in [1.54, 1.807) is 48.5 Å². The molecule has 0 aliphatic rings. The van der Waals surface area contributed by atoms with E-state index in [1.807, 2.05) is 0 Å². The quantitative estimate of drug-likeness (QED) is 0.700. The van der Waals surface area contributed by atoms with Crippen molar-refractivity contribution in [2.45, 2.75) is 6.92 Å². The number of carbonyl (C=O) groups is 2. The summed E-state index contributed by atoms with van der Waals surface area (Å²) in [4.78, 5) is 22.8. The minimum atomic E-state index is -0.362. The predicted molar refractivity (Wildman–Crippen MR) is 94.7 cm³/mol. The molecule has 0 fully saturated rings. The first-order valence-electron chi connectivity index (χ1n) is 7.34. The molecule has 0 bridgehead atoms. The second-order valence-electron chi connectivity index (χ2n) is 4.92. The van der Waals surface area contributed by atoms with Crippen LogP contribution in [0.15, 0.2) is 48.5 Å². The number of urea groups is 1. The Morgan fingerprint density at radius 1 is 1.08 bits per heavy atom. The third-order valence-electron chi connectivity index (χ3n) is 2.93. The van der Waals surface area contributed by atoms with E-state index < -0.39 is 0 Å². The van der Waals surface area contributed by atoms with Gasteiger partial charge in [-0.25, -0.2) is 4.79 Å². The summed E-state index contributed by atoms with van der Waals surface area (Å²) >= 11 is 5.96. The first-order valence-corrected chi connectivity index (χ1v) is 7.72. The fourth-order valence-corrected chi connectivity index (χ4v) is 2.11. The van der Waals surface area contributed by atoms with Gasteiger partial charge in [0, 0.05) is 18.7 Å². The number of rotatable bonds is 6. The highest BCUT2D eigenvalue weighted by molar-refractivity contribution is 6.33. The van der Waals surface area contributed by atoms with Gasteiger partial charge in [0.2, 0.25) is 5.91 Å². The van der Waals surface area contributed by atoms with Crippen LogP contribution in [0.3, 0.4) is 0 Å². The third kappa shape index (κ3) is 5.81. The van der Waals surface area contributed by atoms with Crippen molar-refractivity contribution in [3.8, 4) is 5.75 Å². The van der Waals surface area contributed by atoms with Gasteiger partial charge >= 0.3 is 6.03 Å². The van der Waals surface area contributed by atoms with E-state index in [0.29, 0.717) is 35.3 Å². The van der Waals surface area contributed by atoms with E-state index in [-0.39, 0.29) is 11.9 Å². The van der Waals surface area contributed by atoms with Gasteiger partial charge in [0.25, 0.3) is 0 Å². The van der Waals surface area contributed by atoms with Gasteiger partial charge in [-0.1, -0.05) is 29.8 Å². The van der Waals surface area contributed by atoms with E-state index in [1.165, 1.54) is 6.92 Å². The number of halogens is 1. The van der Waals surface area contributed by atoms with E-state index in [2.05, 4.69) is 16.0 Å². The zero-order valence-corrected chi connectivity index (χ0v) is 13.9. The van der Waals surface area contributed by atoms with Crippen molar-refractivity contribution in [2.75, 3.05) is 23.8 Å². The molecule has 24 heavy (non-hydrogen) atoms. The number of nitrogens with one attached hydrogen (secondary N) is 3. The van der Waals surface area contributed by atoms with Crippen molar-refractivity contribution in [1.82, 2.24) is 5.32 Å². The summed E-state index contributed by atoms with van der Waals surface area (Å²) in [7, 11) is 0. The average molecular weight is 348 g/mol. The molecule has 7 heteroatoms. The molecule has 6 nitrogen and oxygen atoms in total. The molecule has 0 saturated carbocycles. The highest BCUT2D eigenvalue weighted by atomic mass is 35.5. The van der Waals surface area contributed by atoms with Crippen LogP contribution in [0.4, 0.5) is 16.2 Å². The Bertz CT molecular complexity index is 722. The topological polar surface area (TPSA) is 79.5 Å². The van der Waals surface area contributed by atoms with Crippen LogP contribution < -0.4 is 20.7 Å². The van der Waals surface area contributed by atoms with Gasteiger partial charge in [0.05, 0.1) is 17.3 Å². The number of para-hydroxylation sites is 1. The second-order valence-corrected chi connectivity index (χ2v) is 5.33. The number of hydrogen-bond donors (Lipinski definition) is 3. The van der Waals surface area contributed by atoms with Crippen LogP contribution >= 0.6 is 11.6 Å². The van der Waals surface area contributed by atoms with Gasteiger partial charge in [-0.2, -0.15) is 0 Å². The Balaban J connectivity index is 1.74. The fraction of sp³-hybridized carbons (Fsp3) is 0.176. The first-order chi connectivity index (χ1) is 11.5. The average Bonchev–Trinajstić information content (AvgIpc) is 2.53. The molecule has 0 aliphatic carbocycles. The number of amides is 3. The van der Waals surface area contributed by atoms with Gasteiger partial charge in [0.15, 0.2) is 0 Å². The molecule has 2 aromatic rings. The summed E-state index contributed by atoms with van der Waals surface area (Å²) < 4.78 is 5.53. The van der Waals surface area contributed by atoms with Crippen LogP contribution in [0.2, 0.25) is 5.02 Å². The molecule has 3 amide bonds. The molecule has 0 heterocycles. The SMILES string of the molecule is CC(=O)Nc1cccc(OCCNC(=O)Nc2ccccc2Cl)c1. The summed E-state index contributed by atoms with van der Waals surface area (Å²) in [6, 6.07) is 13.6. The van der Waals surface area contributed by atoms with Gasteiger partial charge in [-0.15, -0.1) is 0 Å². The number of ether oxygens (including phenoxy) is 1. The molecule has 2 rings (SSSR count). The largest absolute Gasteiger partial charge is 0.492 e. The molecular weight excluding hydrogens is 330 g/mol. The molecule has 0 saturated heterocycles. The lowest BCUT2D eigenvalue weighted by molar-refractivity contribution is -0.114. The third-order valence-corrected chi connectivity index (χ3v) is 3.26. The van der Waals surface area contributed by atoms with Crippen molar-refractivity contribution in [3.63, 3.8) is 0 Å². The Morgan fingerprint density at radius 3 is 2.62 bits per heavy atom. The molecule has 3 N–H and O–H groups in total. The summed E-state index contributed by atoms with van der Waals surface area (Å²) in [5.41, 5.74) is 1.20. The number of anilines is 2. The Kier molecular flexibility index (Phi) is 6.45. The second kappa shape index (κ2) is 8.79. The minimum Gasteiger partial charge on any atom is -0.492 e. The summed E-state index contributed by atoms with van der Waals surface area (Å²) in [5, 5.41) is 8.47. The number of hydrogen-bond acceptors (Lipinski definition) is 3. The molecule has 0 aromatic heterocycles. The zero-order valence-electron chi connectivity index (χ0n) is 13.1. The van der Waals surface area contributed by atoms with Gasteiger partial charge in [-0.05, 0) is 24.3 Å². The standard InChI is InChI=1S/C17H18ClN3O3/c1-12(22)20-13-5-4-6-14(11-13)24-10-9-19-17(23)21-16-8-3-2-7-15(16)18/h2-8,11H,9-10H2,1H3,(H,20,22)(H2,19,21,23). The summed E-state index contributed by atoms with van der Waals surface area (Å²) in [6.07, 6.45) is 0. The van der Waals surface area contributed by atoms with Crippen molar-refractivity contribution in [1.29, 1.82) is 0 Å². The summed E-state index contributed by atoms with van der Waals surface area (Å²) in [6.45, 7) is 2.05. The van der Waals surface area contributed by atoms with Crippen LogP contribution in [0.1, 0.15) is 6.92 Å². The normalized spacial score (nSPS) is 9.92. The molecule has 0 spiro atoms. The predicted octanol–water partition coefficient (Wildman–Crippen LogP) is 3.50. The minimum absolute atomic E-state index is 0.148. The lowest BCUT2D eigenvalue weighted by atomic mass is 10.3. The van der Waals surface area contributed by atoms with Gasteiger partial charge in [-0.3, -0.25) is 4.79 Å². The lowest BCUT2D eigenvalue weighted by Crippen LogP contribution is -2.32. The molecule has 0 radical (unpaired) electrons. The highest BCUT2D eigenvalue weighted by Gasteiger charge is 2.04. The molecule has 0 atom stereocenters. The lowest BCUT2D eigenvalue weighted by Gasteiger charge is -2.10. The van der Waals surface area contributed by atoms with Crippen molar-refractivity contribution < 1.29 is 14.3 Å². The van der Waals surface area contributed by atoms with Crippen LogP contribution in [0, 0.1) is 0 Å². The fourth-order valence-electron chi connectivity index (χ4n) is 1.93. The Labute approximate surface area is 145 Å². The maximum atomic E-state index is 11.8. The monoisotopic (exact) mass is 347 g/mol. The highest BCUT2D eigenvalue weighted by Crippen LogP contribution is 2.20. The maximum absolute atomic E-state index is 11.8. The van der Waals surface area contributed by atoms with Crippen LogP contribution in [-0.4, -0.2) is 25.1 Å². The first kappa shape index (κ1) is 17.6. The Morgan fingerprint density at radius 2 is 1.88 bits per heavy atom. The molecule has 126 valence electrons.